The van der Waals surface area contributed by atoms with Crippen molar-refractivity contribution in [2.24, 2.45) is 0 Å². The number of amides is 3. The average molecular weight is 446 g/mol. The highest BCUT2D eigenvalue weighted by Gasteiger charge is 2.30. The van der Waals surface area contributed by atoms with Gasteiger partial charge in [-0.3, -0.25) is 15.1 Å². The number of hydrogen-bond donors (Lipinski definition) is 2. The van der Waals surface area contributed by atoms with Crippen LogP contribution < -0.4 is 20.5 Å². The van der Waals surface area contributed by atoms with Crippen LogP contribution in [0, 0.1) is 0 Å². The van der Waals surface area contributed by atoms with Crippen molar-refractivity contribution < 1.29 is 23.8 Å². The molecule has 0 bridgehead atoms. The second-order valence-corrected chi connectivity index (χ2v) is 8.01. The molecular weight excluding hydrogens is 422 g/mol. The Morgan fingerprint density at radius 3 is 2.68 bits per heavy atom. The average Bonchev–Trinajstić information content (AvgIpc) is 3.11. The zero-order chi connectivity index (χ0) is 21.8. The SMILES string of the molecule is CC1(CCCC(=O)NNC(=O)N2Cc3ccccc3Oc3ccc(Cl)cc32)OCCO1. The Hall–Kier alpha value is -2.81. The maximum Gasteiger partial charge on any atom is 0.341 e. The smallest absolute Gasteiger partial charge is 0.341 e. The van der Waals surface area contributed by atoms with E-state index in [1.165, 1.54) is 4.90 Å². The second-order valence-electron chi connectivity index (χ2n) is 7.57. The summed E-state index contributed by atoms with van der Waals surface area (Å²) in [5.41, 5.74) is 6.30. The summed E-state index contributed by atoms with van der Waals surface area (Å²) < 4.78 is 17.0. The largest absolute Gasteiger partial charge is 0.455 e. The number of halogens is 1. The molecule has 0 saturated carbocycles. The van der Waals surface area contributed by atoms with Crippen molar-refractivity contribution in [1.82, 2.24) is 10.9 Å². The number of rotatable bonds is 4. The summed E-state index contributed by atoms with van der Waals surface area (Å²) in [6, 6.07) is 12.0. The van der Waals surface area contributed by atoms with Gasteiger partial charge in [0, 0.05) is 23.4 Å². The summed E-state index contributed by atoms with van der Waals surface area (Å²) in [6.45, 7) is 3.25. The van der Waals surface area contributed by atoms with Crippen LogP contribution in [0.1, 0.15) is 31.7 Å². The molecule has 2 aliphatic heterocycles. The number of benzene rings is 2. The minimum Gasteiger partial charge on any atom is -0.455 e. The minimum absolute atomic E-state index is 0.233. The van der Waals surface area contributed by atoms with Gasteiger partial charge in [0.05, 0.1) is 25.4 Å². The molecular formula is C22H24ClN3O5. The lowest BCUT2D eigenvalue weighted by molar-refractivity contribution is -0.148. The standard InChI is InChI=1S/C22H24ClN3O5/c1-22(29-11-12-30-22)10-4-7-20(27)24-25-21(28)26-14-15-5-2-3-6-18(15)31-19-9-8-16(23)13-17(19)26/h2-3,5-6,8-9,13H,4,7,10-12,14H2,1H3,(H,24,27)(H,25,28). The van der Waals surface area contributed by atoms with Crippen LogP contribution in [0.2, 0.25) is 5.02 Å². The van der Waals surface area contributed by atoms with Crippen LogP contribution in [0.3, 0.4) is 0 Å². The van der Waals surface area contributed by atoms with Gasteiger partial charge < -0.3 is 14.2 Å². The Labute approximate surface area is 185 Å². The summed E-state index contributed by atoms with van der Waals surface area (Å²) in [7, 11) is 0. The van der Waals surface area contributed by atoms with E-state index in [4.69, 9.17) is 25.8 Å². The molecule has 2 N–H and O–H groups in total. The Balaban J connectivity index is 1.39. The number of urea groups is 1. The van der Waals surface area contributed by atoms with Crippen molar-refractivity contribution in [3.63, 3.8) is 0 Å². The topological polar surface area (TPSA) is 89.1 Å². The zero-order valence-electron chi connectivity index (χ0n) is 17.2. The van der Waals surface area contributed by atoms with Crippen molar-refractivity contribution in [1.29, 1.82) is 0 Å². The number of ether oxygens (including phenoxy) is 3. The van der Waals surface area contributed by atoms with Gasteiger partial charge in [0.25, 0.3) is 0 Å². The summed E-state index contributed by atoms with van der Waals surface area (Å²) >= 11 is 6.16. The number of fused-ring (bicyclic) bond motifs is 2. The van der Waals surface area contributed by atoms with Crippen LogP contribution in [-0.2, 0) is 20.8 Å². The van der Waals surface area contributed by atoms with Gasteiger partial charge in [-0.1, -0.05) is 29.8 Å². The summed E-state index contributed by atoms with van der Waals surface area (Å²) in [6.07, 6.45) is 1.40. The van der Waals surface area contributed by atoms with Crippen LogP contribution in [0.25, 0.3) is 0 Å². The molecule has 0 spiro atoms. The van der Waals surface area contributed by atoms with Crippen LogP contribution in [0.15, 0.2) is 42.5 Å². The van der Waals surface area contributed by atoms with E-state index in [0.29, 0.717) is 48.3 Å². The zero-order valence-corrected chi connectivity index (χ0v) is 17.9. The Morgan fingerprint density at radius 1 is 1.10 bits per heavy atom. The first-order valence-corrected chi connectivity index (χ1v) is 10.5. The van der Waals surface area contributed by atoms with E-state index in [2.05, 4.69) is 10.9 Å². The molecule has 1 fully saturated rings. The van der Waals surface area contributed by atoms with E-state index >= 15 is 0 Å². The fourth-order valence-corrected chi connectivity index (χ4v) is 3.77. The van der Waals surface area contributed by atoms with Gasteiger partial charge in [0.2, 0.25) is 5.91 Å². The van der Waals surface area contributed by atoms with Crippen molar-refractivity contribution in [2.75, 3.05) is 18.1 Å². The monoisotopic (exact) mass is 445 g/mol. The molecule has 2 heterocycles. The number of nitrogens with one attached hydrogen (secondary N) is 2. The fourth-order valence-electron chi connectivity index (χ4n) is 3.60. The van der Waals surface area contributed by atoms with Crippen LogP contribution in [-0.4, -0.2) is 30.9 Å². The quantitative estimate of drug-likeness (QED) is 0.691. The summed E-state index contributed by atoms with van der Waals surface area (Å²) in [4.78, 5) is 26.6. The van der Waals surface area contributed by atoms with Gasteiger partial charge in [0.15, 0.2) is 11.5 Å². The van der Waals surface area contributed by atoms with Crippen molar-refractivity contribution in [3.05, 3.63) is 53.1 Å². The maximum absolute atomic E-state index is 12.9. The van der Waals surface area contributed by atoms with Crippen molar-refractivity contribution in [2.45, 2.75) is 38.5 Å². The highest BCUT2D eigenvalue weighted by atomic mass is 35.5. The molecule has 3 amide bonds. The number of anilines is 1. The molecule has 0 aliphatic carbocycles. The first-order chi connectivity index (χ1) is 14.9. The van der Waals surface area contributed by atoms with Crippen LogP contribution in [0.4, 0.5) is 10.5 Å². The molecule has 0 atom stereocenters. The van der Waals surface area contributed by atoms with E-state index in [9.17, 15) is 9.59 Å². The van der Waals surface area contributed by atoms with Gasteiger partial charge >= 0.3 is 6.03 Å². The number of carbonyl (C=O) groups is 2. The third-order valence-corrected chi connectivity index (χ3v) is 5.45. The Kier molecular flexibility index (Phi) is 6.31. The highest BCUT2D eigenvalue weighted by molar-refractivity contribution is 6.31. The first kappa shape index (κ1) is 21.4. The Morgan fingerprint density at radius 2 is 1.87 bits per heavy atom. The summed E-state index contributed by atoms with van der Waals surface area (Å²) in [5, 5.41) is 0.472. The molecule has 31 heavy (non-hydrogen) atoms. The first-order valence-electron chi connectivity index (χ1n) is 10.1. The number of hydrazine groups is 1. The molecule has 8 nitrogen and oxygen atoms in total. The second kappa shape index (κ2) is 9.13. The van der Waals surface area contributed by atoms with Crippen molar-refractivity contribution >= 4 is 29.2 Å². The maximum atomic E-state index is 12.9. The number of carbonyl (C=O) groups excluding carboxylic acids is 2. The van der Waals surface area contributed by atoms with E-state index in [0.717, 1.165) is 5.56 Å². The molecule has 1 saturated heterocycles. The fraction of sp³-hybridized carbons (Fsp3) is 0.364. The predicted octanol–water partition coefficient (Wildman–Crippen LogP) is 4.13. The molecule has 0 radical (unpaired) electrons. The molecule has 0 aromatic heterocycles. The van der Waals surface area contributed by atoms with E-state index in [1.54, 1.807) is 18.2 Å². The third kappa shape index (κ3) is 5.10. The molecule has 0 unspecified atom stereocenters. The number of hydrogen-bond acceptors (Lipinski definition) is 5. The van der Waals surface area contributed by atoms with Gasteiger partial charge in [-0.05, 0) is 37.6 Å². The lowest BCUT2D eigenvalue weighted by Gasteiger charge is -2.23. The molecule has 4 rings (SSSR count). The number of nitrogens with zero attached hydrogens (tertiary/aromatic N) is 1. The highest BCUT2D eigenvalue weighted by Crippen LogP contribution is 2.40. The number of para-hydroxylation sites is 1. The molecule has 2 aliphatic rings. The van der Waals surface area contributed by atoms with Crippen LogP contribution in [0.5, 0.6) is 11.5 Å². The third-order valence-electron chi connectivity index (χ3n) is 5.22. The van der Waals surface area contributed by atoms with Gasteiger partial charge in [0.1, 0.15) is 5.75 Å². The molecule has 2 aromatic carbocycles. The Bertz CT molecular complexity index is 977. The predicted molar refractivity (Wildman–Crippen MR) is 115 cm³/mol. The van der Waals surface area contributed by atoms with E-state index < -0.39 is 11.8 Å². The van der Waals surface area contributed by atoms with Gasteiger partial charge in [-0.25, -0.2) is 10.2 Å². The normalized spacial score (nSPS) is 16.5. The molecule has 2 aromatic rings. The minimum atomic E-state index is -0.633. The van der Waals surface area contributed by atoms with Gasteiger partial charge in [-0.15, -0.1) is 0 Å². The molecule has 164 valence electrons. The molecule has 9 heteroatoms. The van der Waals surface area contributed by atoms with E-state index in [1.807, 2.05) is 31.2 Å². The van der Waals surface area contributed by atoms with Gasteiger partial charge in [-0.2, -0.15) is 0 Å². The lowest BCUT2D eigenvalue weighted by atomic mass is 10.1. The van der Waals surface area contributed by atoms with Crippen molar-refractivity contribution in [3.8, 4) is 11.5 Å². The summed E-state index contributed by atoms with van der Waals surface area (Å²) in [5.74, 6) is 0.231. The van der Waals surface area contributed by atoms with E-state index in [-0.39, 0.29) is 18.9 Å². The lowest BCUT2D eigenvalue weighted by Crippen LogP contribution is -2.48. The van der Waals surface area contributed by atoms with Crippen LogP contribution >= 0.6 is 11.6 Å².